The van der Waals surface area contributed by atoms with Gasteiger partial charge in [0.2, 0.25) is 5.88 Å². The Kier molecular flexibility index (Phi) is 9.73. The monoisotopic (exact) mass is 634 g/mol. The molecule has 0 saturated carbocycles. The lowest BCUT2D eigenvalue weighted by atomic mass is 9.98. The number of aryl methyl sites for hydroxylation is 1. The van der Waals surface area contributed by atoms with Gasteiger partial charge < -0.3 is 29.1 Å². The fourth-order valence-corrected chi connectivity index (χ4v) is 6.78. The average molecular weight is 635 g/mol. The zero-order chi connectivity index (χ0) is 31.3. The third kappa shape index (κ3) is 7.52. The predicted octanol–water partition coefficient (Wildman–Crippen LogP) is 5.92. The Morgan fingerprint density at radius 1 is 1.00 bits per heavy atom. The van der Waals surface area contributed by atoms with Crippen LogP contribution in [0.15, 0.2) is 60.7 Å². The van der Waals surface area contributed by atoms with E-state index in [4.69, 9.17) is 30.9 Å². The van der Waals surface area contributed by atoms with Crippen LogP contribution in [0.25, 0.3) is 0 Å². The molecule has 3 fully saturated rings. The summed E-state index contributed by atoms with van der Waals surface area (Å²) in [5.41, 5.74) is 3.14. The fourth-order valence-electron chi connectivity index (χ4n) is 6.58. The van der Waals surface area contributed by atoms with Crippen molar-refractivity contribution in [3.05, 3.63) is 82.5 Å². The second-order valence-corrected chi connectivity index (χ2v) is 12.4. The summed E-state index contributed by atoms with van der Waals surface area (Å²) in [5, 5.41) is 9.46. The van der Waals surface area contributed by atoms with Crippen molar-refractivity contribution in [1.29, 1.82) is 0 Å². The highest BCUT2D eigenvalue weighted by atomic mass is 35.5. The van der Waals surface area contributed by atoms with Gasteiger partial charge in [0.25, 0.3) is 0 Å². The Bertz CT molecular complexity index is 1490. The van der Waals surface area contributed by atoms with Gasteiger partial charge in [-0.05, 0) is 80.1 Å². The molecule has 0 bridgehead atoms. The Hall–Kier alpha value is -3.86. The number of halogens is 1. The third-order valence-corrected chi connectivity index (χ3v) is 9.19. The van der Waals surface area contributed by atoms with Crippen LogP contribution in [0.5, 0.6) is 17.4 Å². The summed E-state index contributed by atoms with van der Waals surface area (Å²) in [6.07, 6.45) is 3.58. The van der Waals surface area contributed by atoms with E-state index in [2.05, 4.69) is 31.8 Å². The predicted molar refractivity (Wildman–Crippen MR) is 169 cm³/mol. The van der Waals surface area contributed by atoms with E-state index in [-0.39, 0.29) is 24.2 Å². The number of urea groups is 1. The van der Waals surface area contributed by atoms with Gasteiger partial charge in [-0.1, -0.05) is 29.8 Å². The van der Waals surface area contributed by atoms with Crippen LogP contribution in [0.1, 0.15) is 48.5 Å². The molecule has 3 aliphatic heterocycles. The maximum Gasteiger partial charge on any atom is 0.341 e. The molecule has 0 aliphatic carbocycles. The number of aliphatic carboxylic acids is 1. The molecular weight excluding hydrogens is 596 g/mol. The van der Waals surface area contributed by atoms with Crippen molar-refractivity contribution in [3.8, 4) is 17.4 Å². The normalized spacial score (nSPS) is 20.0. The minimum absolute atomic E-state index is 0.0111. The number of piperidine rings is 1. The lowest BCUT2D eigenvalue weighted by Crippen LogP contribution is -2.48. The number of carboxylic acids is 1. The van der Waals surface area contributed by atoms with Crippen molar-refractivity contribution in [2.75, 3.05) is 39.5 Å². The largest absolute Gasteiger partial charge is 0.482 e. The van der Waals surface area contributed by atoms with Gasteiger partial charge >= 0.3 is 12.0 Å². The highest BCUT2D eigenvalue weighted by Crippen LogP contribution is 2.38. The lowest BCUT2D eigenvalue weighted by molar-refractivity contribution is -0.139. The van der Waals surface area contributed by atoms with Crippen molar-refractivity contribution in [2.24, 2.45) is 0 Å². The van der Waals surface area contributed by atoms with E-state index in [1.54, 1.807) is 24.3 Å². The quantitative estimate of drug-likeness (QED) is 0.293. The lowest BCUT2D eigenvalue weighted by Gasteiger charge is -2.39. The molecule has 0 unspecified atom stereocenters. The molecule has 0 radical (unpaired) electrons. The smallest absolute Gasteiger partial charge is 0.341 e. The van der Waals surface area contributed by atoms with E-state index < -0.39 is 12.6 Å². The van der Waals surface area contributed by atoms with Crippen molar-refractivity contribution in [1.82, 2.24) is 19.7 Å². The van der Waals surface area contributed by atoms with E-state index in [1.165, 1.54) is 0 Å². The van der Waals surface area contributed by atoms with Crippen LogP contribution in [0.2, 0.25) is 5.02 Å². The number of ether oxygens (including phenoxy) is 3. The van der Waals surface area contributed by atoms with Gasteiger partial charge in [0.15, 0.2) is 6.61 Å². The molecule has 3 aliphatic rings. The zero-order valence-corrected chi connectivity index (χ0v) is 26.2. The maximum absolute atomic E-state index is 13.9. The van der Waals surface area contributed by atoms with Gasteiger partial charge in [-0.2, -0.15) is 0 Å². The average Bonchev–Trinajstić information content (AvgIpc) is 3.39. The molecule has 238 valence electrons. The summed E-state index contributed by atoms with van der Waals surface area (Å²) in [7, 11) is 0. The summed E-state index contributed by atoms with van der Waals surface area (Å²) < 4.78 is 16.7. The molecular formula is C34H39ClN4O6. The number of hydrogen-bond acceptors (Lipinski definition) is 7. The van der Waals surface area contributed by atoms with Crippen LogP contribution in [0.4, 0.5) is 4.79 Å². The van der Waals surface area contributed by atoms with Crippen LogP contribution in [-0.2, 0) is 16.1 Å². The Balaban J connectivity index is 1.07. The molecule has 45 heavy (non-hydrogen) atoms. The standard InChI is InChI=1S/C34H39ClN4O6/c1-23-25(5-10-32(36-23)45-30-8-6-29(7-9-30)44-22-33(40)41)20-37-15-11-28(12-16-37)39-31(24-3-2-4-26(35)19-24)21-38(34(39)42)27-13-17-43-18-14-27/h2-10,19,27-28,31H,11-18,20-22H2,1H3,(H,40,41)/t31-/m0/s1. The number of likely N-dealkylation sites (tertiary alicyclic amines) is 1. The summed E-state index contributed by atoms with van der Waals surface area (Å²) in [4.78, 5) is 36.0. The molecule has 1 aromatic heterocycles. The minimum Gasteiger partial charge on any atom is -0.482 e. The zero-order valence-electron chi connectivity index (χ0n) is 25.4. The summed E-state index contributed by atoms with van der Waals surface area (Å²) >= 11 is 6.39. The number of carbonyl (C=O) groups is 2. The first-order chi connectivity index (χ1) is 21.8. The van der Waals surface area contributed by atoms with E-state index in [0.29, 0.717) is 42.2 Å². The second kappa shape index (κ2) is 14.1. The topological polar surface area (TPSA) is 105 Å². The van der Waals surface area contributed by atoms with Gasteiger partial charge in [-0.3, -0.25) is 4.90 Å². The van der Waals surface area contributed by atoms with Crippen molar-refractivity contribution < 1.29 is 28.9 Å². The van der Waals surface area contributed by atoms with Crippen molar-refractivity contribution in [3.63, 3.8) is 0 Å². The second-order valence-electron chi connectivity index (χ2n) is 11.9. The third-order valence-electron chi connectivity index (χ3n) is 8.96. The first-order valence-electron chi connectivity index (χ1n) is 15.6. The summed E-state index contributed by atoms with van der Waals surface area (Å²) in [5.74, 6) is 0.505. The van der Waals surface area contributed by atoms with Crippen LogP contribution in [0, 0.1) is 6.92 Å². The molecule has 4 heterocycles. The molecule has 2 aromatic carbocycles. The number of aromatic nitrogens is 1. The molecule has 6 rings (SSSR count). The summed E-state index contributed by atoms with van der Waals surface area (Å²) in [6, 6.07) is 19.2. The molecule has 10 nitrogen and oxygen atoms in total. The van der Waals surface area contributed by atoms with E-state index in [1.807, 2.05) is 31.2 Å². The molecule has 3 aromatic rings. The molecule has 1 atom stereocenters. The van der Waals surface area contributed by atoms with Gasteiger partial charge in [0.05, 0.1) is 6.04 Å². The van der Waals surface area contributed by atoms with E-state index in [0.717, 1.165) is 62.1 Å². The SMILES string of the molecule is Cc1nc(Oc2ccc(OCC(=O)O)cc2)ccc1CN1CCC(N2C(=O)N(C3CCOCC3)C[C@H]2c2cccc(Cl)c2)CC1. The van der Waals surface area contributed by atoms with Gasteiger partial charge in [-0.15, -0.1) is 0 Å². The molecule has 1 N–H and O–H groups in total. The number of amides is 2. The first-order valence-corrected chi connectivity index (χ1v) is 16.0. The Morgan fingerprint density at radius 3 is 2.42 bits per heavy atom. The minimum atomic E-state index is -1.03. The number of hydrogen-bond donors (Lipinski definition) is 1. The number of nitrogens with zero attached hydrogens (tertiary/aromatic N) is 4. The fraction of sp³-hybridized carbons (Fsp3) is 0.441. The van der Waals surface area contributed by atoms with Gasteiger partial charge in [-0.25, -0.2) is 14.6 Å². The summed E-state index contributed by atoms with van der Waals surface area (Å²) in [6.45, 7) is 6.25. The highest BCUT2D eigenvalue weighted by Gasteiger charge is 2.45. The van der Waals surface area contributed by atoms with E-state index in [9.17, 15) is 9.59 Å². The molecule has 2 amide bonds. The molecule has 11 heteroatoms. The maximum atomic E-state index is 13.9. The van der Waals surface area contributed by atoms with Crippen molar-refractivity contribution >= 4 is 23.6 Å². The van der Waals surface area contributed by atoms with Crippen LogP contribution in [0.3, 0.4) is 0 Å². The van der Waals surface area contributed by atoms with Crippen LogP contribution < -0.4 is 9.47 Å². The molecule has 0 spiro atoms. The number of benzene rings is 2. The van der Waals surface area contributed by atoms with Gasteiger partial charge in [0.1, 0.15) is 11.5 Å². The molecule has 3 saturated heterocycles. The Morgan fingerprint density at radius 2 is 1.73 bits per heavy atom. The first kappa shape index (κ1) is 31.1. The number of rotatable bonds is 10. The van der Waals surface area contributed by atoms with Crippen LogP contribution in [-0.4, -0.2) is 88.3 Å². The van der Waals surface area contributed by atoms with Crippen molar-refractivity contribution in [2.45, 2.75) is 57.3 Å². The van der Waals surface area contributed by atoms with Gasteiger partial charge in [0, 0.05) is 68.3 Å². The Labute approximate surface area is 268 Å². The van der Waals surface area contributed by atoms with E-state index >= 15 is 0 Å². The number of pyridine rings is 1. The number of carboxylic acid groups (broad SMARTS) is 1. The number of carbonyl (C=O) groups excluding carboxylic acids is 1. The van der Waals surface area contributed by atoms with Crippen LogP contribution >= 0.6 is 11.6 Å². The highest BCUT2D eigenvalue weighted by molar-refractivity contribution is 6.30.